The van der Waals surface area contributed by atoms with Crippen molar-refractivity contribution in [2.24, 2.45) is 0 Å². The van der Waals surface area contributed by atoms with Gasteiger partial charge < -0.3 is 10.1 Å². The zero-order valence-corrected chi connectivity index (χ0v) is 9.72. The van der Waals surface area contributed by atoms with Crippen LogP contribution < -0.4 is 0 Å². The quantitative estimate of drug-likeness (QED) is 0.764. The molecule has 0 unspecified atom stereocenters. The summed E-state index contributed by atoms with van der Waals surface area (Å²) >= 11 is 6.35. The summed E-state index contributed by atoms with van der Waals surface area (Å²) in [5, 5.41) is 11.3. The average Bonchev–Trinajstić information content (AvgIpc) is 2.86. The molecule has 1 aromatic heterocycles. The first kappa shape index (κ1) is 10.0. The minimum atomic E-state index is 0.267. The van der Waals surface area contributed by atoms with Gasteiger partial charge in [-0.05, 0) is 25.0 Å². The number of H-pyrrole nitrogens is 1. The van der Waals surface area contributed by atoms with Crippen molar-refractivity contribution in [1.29, 1.82) is 0 Å². The van der Waals surface area contributed by atoms with E-state index in [-0.39, 0.29) is 5.75 Å². The fraction of sp³-hybridized carbons (Fsp3) is 0.385. The van der Waals surface area contributed by atoms with Crippen molar-refractivity contribution in [3.8, 4) is 5.75 Å². The highest BCUT2D eigenvalue weighted by atomic mass is 35.5. The molecular weight excluding hydrogens is 222 g/mol. The molecule has 1 saturated carbocycles. The third-order valence-corrected chi connectivity index (χ3v) is 3.92. The molecule has 3 heteroatoms. The summed E-state index contributed by atoms with van der Waals surface area (Å²) in [4.78, 5) is 3.35. The number of phenols is 1. The molecule has 0 amide bonds. The lowest BCUT2D eigenvalue weighted by Gasteiger charge is -2.06. The normalized spacial score (nSPS) is 17.3. The molecule has 2 N–H and O–H groups in total. The molecule has 0 aliphatic heterocycles. The van der Waals surface area contributed by atoms with Crippen molar-refractivity contribution >= 4 is 22.5 Å². The largest absolute Gasteiger partial charge is 0.507 e. The Labute approximate surface area is 99.2 Å². The van der Waals surface area contributed by atoms with Crippen LogP contribution in [0, 0.1) is 0 Å². The number of hydrogen-bond acceptors (Lipinski definition) is 1. The molecule has 0 bridgehead atoms. The van der Waals surface area contributed by atoms with E-state index in [0.717, 1.165) is 16.6 Å². The van der Waals surface area contributed by atoms with E-state index in [2.05, 4.69) is 4.98 Å². The number of fused-ring (bicyclic) bond motifs is 1. The Morgan fingerprint density at radius 3 is 2.69 bits per heavy atom. The fourth-order valence-corrected chi connectivity index (χ4v) is 3.11. The van der Waals surface area contributed by atoms with Crippen LogP contribution in [0.3, 0.4) is 0 Å². The van der Waals surface area contributed by atoms with Crippen LogP contribution in [0.15, 0.2) is 18.2 Å². The lowest BCUT2D eigenvalue weighted by molar-refractivity contribution is 0.481. The van der Waals surface area contributed by atoms with Crippen LogP contribution in [0.4, 0.5) is 0 Å². The number of phenolic OH excluding ortho intramolecular Hbond substituents is 1. The monoisotopic (exact) mass is 235 g/mol. The van der Waals surface area contributed by atoms with Gasteiger partial charge in [0.25, 0.3) is 0 Å². The van der Waals surface area contributed by atoms with Crippen molar-refractivity contribution < 1.29 is 5.11 Å². The topological polar surface area (TPSA) is 36.0 Å². The third kappa shape index (κ3) is 1.40. The van der Waals surface area contributed by atoms with Crippen LogP contribution in [-0.4, -0.2) is 10.1 Å². The predicted molar refractivity (Wildman–Crippen MR) is 66.2 cm³/mol. The second kappa shape index (κ2) is 3.70. The molecule has 1 aliphatic carbocycles. The molecule has 1 heterocycles. The summed E-state index contributed by atoms with van der Waals surface area (Å²) in [7, 11) is 0. The van der Waals surface area contributed by atoms with E-state index in [4.69, 9.17) is 11.6 Å². The number of aromatic nitrogens is 1. The van der Waals surface area contributed by atoms with E-state index in [1.165, 1.54) is 25.7 Å². The van der Waals surface area contributed by atoms with Crippen LogP contribution in [0.1, 0.15) is 37.3 Å². The van der Waals surface area contributed by atoms with E-state index in [9.17, 15) is 5.11 Å². The minimum Gasteiger partial charge on any atom is -0.507 e. The summed E-state index contributed by atoms with van der Waals surface area (Å²) < 4.78 is 0. The van der Waals surface area contributed by atoms with Gasteiger partial charge in [0.05, 0.1) is 15.9 Å². The molecular formula is C13H14ClNO. The number of rotatable bonds is 1. The SMILES string of the molecule is Oc1cccc2[nH]c(C3CCCC3)c(Cl)c12. The Bertz CT molecular complexity index is 526. The summed E-state index contributed by atoms with van der Waals surface area (Å²) in [5.41, 5.74) is 2.04. The van der Waals surface area contributed by atoms with Gasteiger partial charge in [0, 0.05) is 11.6 Å². The molecule has 0 radical (unpaired) electrons. The molecule has 0 atom stereocenters. The Kier molecular flexibility index (Phi) is 2.32. The van der Waals surface area contributed by atoms with Gasteiger partial charge in [-0.1, -0.05) is 30.5 Å². The van der Waals surface area contributed by atoms with Crippen molar-refractivity contribution in [3.05, 3.63) is 28.9 Å². The Morgan fingerprint density at radius 1 is 1.25 bits per heavy atom. The highest BCUT2D eigenvalue weighted by Gasteiger charge is 2.23. The highest BCUT2D eigenvalue weighted by molar-refractivity contribution is 6.37. The van der Waals surface area contributed by atoms with Crippen molar-refractivity contribution in [2.75, 3.05) is 0 Å². The maximum atomic E-state index is 9.80. The zero-order chi connectivity index (χ0) is 11.1. The number of nitrogens with one attached hydrogen (secondary N) is 1. The fourth-order valence-electron chi connectivity index (χ4n) is 2.71. The number of hydrogen-bond donors (Lipinski definition) is 2. The van der Waals surface area contributed by atoms with Gasteiger partial charge in [0.2, 0.25) is 0 Å². The van der Waals surface area contributed by atoms with Gasteiger partial charge in [-0.15, -0.1) is 0 Å². The van der Waals surface area contributed by atoms with E-state index < -0.39 is 0 Å². The smallest absolute Gasteiger partial charge is 0.126 e. The summed E-state index contributed by atoms with van der Waals surface area (Å²) in [6.07, 6.45) is 4.96. The van der Waals surface area contributed by atoms with E-state index >= 15 is 0 Å². The van der Waals surface area contributed by atoms with Crippen molar-refractivity contribution in [2.45, 2.75) is 31.6 Å². The van der Waals surface area contributed by atoms with E-state index in [1.807, 2.05) is 12.1 Å². The Hall–Kier alpha value is -1.15. The maximum absolute atomic E-state index is 9.80. The average molecular weight is 236 g/mol. The highest BCUT2D eigenvalue weighted by Crippen LogP contribution is 2.42. The van der Waals surface area contributed by atoms with Gasteiger partial charge in [-0.25, -0.2) is 0 Å². The Morgan fingerprint density at radius 2 is 2.00 bits per heavy atom. The first-order chi connectivity index (χ1) is 7.77. The molecule has 1 aromatic carbocycles. The Balaban J connectivity index is 2.19. The summed E-state index contributed by atoms with van der Waals surface area (Å²) in [6, 6.07) is 5.47. The first-order valence-electron chi connectivity index (χ1n) is 5.76. The van der Waals surface area contributed by atoms with Crippen LogP contribution in [0.2, 0.25) is 5.02 Å². The molecule has 2 nitrogen and oxygen atoms in total. The molecule has 3 rings (SSSR count). The molecule has 1 fully saturated rings. The second-order valence-corrected chi connectivity index (χ2v) is 4.91. The number of aromatic hydroxyl groups is 1. The number of aromatic amines is 1. The molecule has 16 heavy (non-hydrogen) atoms. The zero-order valence-electron chi connectivity index (χ0n) is 8.96. The molecule has 2 aromatic rings. The lowest BCUT2D eigenvalue weighted by Crippen LogP contribution is -1.92. The van der Waals surface area contributed by atoms with Crippen LogP contribution in [-0.2, 0) is 0 Å². The van der Waals surface area contributed by atoms with Crippen LogP contribution in [0.5, 0.6) is 5.75 Å². The number of halogens is 1. The maximum Gasteiger partial charge on any atom is 0.126 e. The van der Waals surface area contributed by atoms with E-state index in [0.29, 0.717) is 10.9 Å². The van der Waals surface area contributed by atoms with Crippen LogP contribution >= 0.6 is 11.6 Å². The molecule has 1 aliphatic rings. The van der Waals surface area contributed by atoms with E-state index in [1.54, 1.807) is 6.07 Å². The first-order valence-corrected chi connectivity index (χ1v) is 6.14. The number of benzene rings is 1. The lowest BCUT2D eigenvalue weighted by atomic mass is 10.0. The minimum absolute atomic E-state index is 0.267. The summed E-state index contributed by atoms with van der Waals surface area (Å²) in [6.45, 7) is 0. The molecule has 84 valence electrons. The second-order valence-electron chi connectivity index (χ2n) is 4.53. The molecule has 0 saturated heterocycles. The van der Waals surface area contributed by atoms with Gasteiger partial charge in [-0.2, -0.15) is 0 Å². The third-order valence-electron chi connectivity index (χ3n) is 3.53. The van der Waals surface area contributed by atoms with Crippen molar-refractivity contribution in [3.63, 3.8) is 0 Å². The standard InChI is InChI=1S/C13H14ClNO/c14-12-11-9(6-3-7-10(11)16)15-13(12)8-4-1-2-5-8/h3,6-8,15-16H,1-2,4-5H2. The van der Waals surface area contributed by atoms with Gasteiger partial charge >= 0.3 is 0 Å². The van der Waals surface area contributed by atoms with Gasteiger partial charge in [-0.3, -0.25) is 0 Å². The van der Waals surface area contributed by atoms with Gasteiger partial charge in [0.1, 0.15) is 5.75 Å². The molecule has 0 spiro atoms. The van der Waals surface area contributed by atoms with Crippen molar-refractivity contribution in [1.82, 2.24) is 4.98 Å². The van der Waals surface area contributed by atoms with Crippen LogP contribution in [0.25, 0.3) is 10.9 Å². The van der Waals surface area contributed by atoms with Gasteiger partial charge in [0.15, 0.2) is 0 Å². The summed E-state index contributed by atoms with van der Waals surface area (Å²) in [5.74, 6) is 0.808. The predicted octanol–water partition coefficient (Wildman–Crippen LogP) is 4.18.